The van der Waals surface area contributed by atoms with Crippen LogP contribution >= 0.6 is 0 Å². The van der Waals surface area contributed by atoms with Crippen molar-refractivity contribution in [2.75, 3.05) is 6.61 Å². The zero-order chi connectivity index (χ0) is 7.44. The summed E-state index contributed by atoms with van der Waals surface area (Å²) in [6.07, 6.45) is -3.14. The van der Waals surface area contributed by atoms with Crippen LogP contribution in [0.25, 0.3) is 0 Å². The first-order valence-electron chi connectivity index (χ1n) is 2.36. The minimum absolute atomic E-state index is 0.676. The highest BCUT2D eigenvalue weighted by molar-refractivity contribution is 5.79. The monoisotopic (exact) mass is 135 g/mol. The Bertz CT molecular complexity index is 105. The van der Waals surface area contributed by atoms with E-state index in [1.165, 1.54) is 0 Å². The number of carbonyl (C=O) groups excluding carboxylic acids is 1. The van der Waals surface area contributed by atoms with Gasteiger partial charge in [-0.3, -0.25) is 4.79 Å². The minimum Gasteiger partial charge on any atom is -0.394 e. The molecular formula is C4H9NO4. The van der Waals surface area contributed by atoms with E-state index in [1.54, 1.807) is 0 Å². The zero-order valence-electron chi connectivity index (χ0n) is 4.69. The van der Waals surface area contributed by atoms with Crippen LogP contribution in [0.5, 0.6) is 0 Å². The van der Waals surface area contributed by atoms with Crippen LogP contribution in [0.1, 0.15) is 0 Å². The van der Waals surface area contributed by atoms with E-state index in [4.69, 9.17) is 15.3 Å². The predicted octanol–water partition coefficient (Wildman–Crippen LogP) is -2.81. The van der Waals surface area contributed by atoms with Crippen LogP contribution in [-0.4, -0.2) is 40.0 Å². The Labute approximate surface area is 51.7 Å². The second kappa shape index (κ2) is 3.39. The van der Waals surface area contributed by atoms with Gasteiger partial charge in [-0.15, -0.1) is 0 Å². The van der Waals surface area contributed by atoms with Crippen molar-refractivity contribution in [2.24, 2.45) is 5.73 Å². The third-order valence-corrected chi connectivity index (χ3v) is 0.843. The number of hydrogen-bond donors (Lipinski definition) is 4. The molecule has 5 nitrogen and oxygen atoms in total. The third kappa shape index (κ3) is 2.41. The van der Waals surface area contributed by atoms with E-state index in [0.29, 0.717) is 0 Å². The molecule has 2 atom stereocenters. The molecule has 0 aromatic heterocycles. The molecule has 0 fully saturated rings. The molecule has 0 spiro atoms. The van der Waals surface area contributed by atoms with Crippen LogP contribution in [-0.2, 0) is 4.79 Å². The highest BCUT2D eigenvalue weighted by Crippen LogP contribution is 1.89. The fourth-order valence-electron chi connectivity index (χ4n) is 0.289. The van der Waals surface area contributed by atoms with E-state index in [-0.39, 0.29) is 0 Å². The van der Waals surface area contributed by atoms with Crippen molar-refractivity contribution in [3.8, 4) is 0 Å². The molecule has 0 unspecified atom stereocenters. The molecule has 5 heteroatoms. The molecule has 0 aliphatic heterocycles. The van der Waals surface area contributed by atoms with Crippen molar-refractivity contribution in [3.05, 3.63) is 0 Å². The topological polar surface area (TPSA) is 104 Å². The molecule has 1 amide bonds. The van der Waals surface area contributed by atoms with E-state index >= 15 is 0 Å². The fraction of sp³-hybridized carbons (Fsp3) is 0.750. The maximum absolute atomic E-state index is 10.0. The van der Waals surface area contributed by atoms with Crippen molar-refractivity contribution < 1.29 is 20.1 Å². The summed E-state index contributed by atoms with van der Waals surface area (Å²) in [6, 6.07) is 0. The Hall–Kier alpha value is -0.650. The molecule has 0 aromatic carbocycles. The van der Waals surface area contributed by atoms with E-state index < -0.39 is 24.7 Å². The van der Waals surface area contributed by atoms with Crippen LogP contribution in [0.15, 0.2) is 0 Å². The highest BCUT2D eigenvalue weighted by Gasteiger charge is 2.19. The second-order valence-corrected chi connectivity index (χ2v) is 1.60. The van der Waals surface area contributed by atoms with Gasteiger partial charge in [0.05, 0.1) is 6.61 Å². The molecule has 54 valence electrons. The zero-order valence-corrected chi connectivity index (χ0v) is 4.69. The molecule has 0 saturated heterocycles. The standard InChI is InChI=1S/C4H9NO4/c5-4(9)3(8)2(7)1-6/h2-3,6-8H,1H2,(H2,5,9)/t2-,3-/m0/s1. The fourth-order valence-corrected chi connectivity index (χ4v) is 0.289. The molecule has 0 aliphatic rings. The van der Waals surface area contributed by atoms with Gasteiger partial charge in [0.2, 0.25) is 5.91 Å². The summed E-state index contributed by atoms with van der Waals surface area (Å²) in [5.41, 5.74) is 4.55. The van der Waals surface area contributed by atoms with Gasteiger partial charge < -0.3 is 21.1 Å². The van der Waals surface area contributed by atoms with E-state index in [1.807, 2.05) is 0 Å². The van der Waals surface area contributed by atoms with Gasteiger partial charge >= 0.3 is 0 Å². The van der Waals surface area contributed by atoms with Crippen LogP contribution in [0.4, 0.5) is 0 Å². The maximum atomic E-state index is 10.0. The van der Waals surface area contributed by atoms with Gasteiger partial charge in [0.25, 0.3) is 0 Å². The van der Waals surface area contributed by atoms with Crippen LogP contribution < -0.4 is 5.73 Å². The Balaban J connectivity index is 3.72. The minimum atomic E-state index is -1.67. The summed E-state index contributed by atoms with van der Waals surface area (Å²) in [5, 5.41) is 25.1. The Morgan fingerprint density at radius 2 is 2.00 bits per heavy atom. The van der Waals surface area contributed by atoms with Crippen molar-refractivity contribution in [1.82, 2.24) is 0 Å². The number of carbonyl (C=O) groups is 1. The molecule has 0 aliphatic carbocycles. The summed E-state index contributed by atoms with van der Waals surface area (Å²) in [6.45, 7) is -0.676. The van der Waals surface area contributed by atoms with Crippen molar-refractivity contribution in [2.45, 2.75) is 12.2 Å². The predicted molar refractivity (Wildman–Crippen MR) is 28.3 cm³/mol. The van der Waals surface area contributed by atoms with Gasteiger partial charge in [-0.25, -0.2) is 0 Å². The van der Waals surface area contributed by atoms with Gasteiger partial charge in [0.1, 0.15) is 6.10 Å². The summed E-state index contributed by atoms with van der Waals surface area (Å²) < 4.78 is 0. The number of nitrogens with two attached hydrogens (primary N) is 1. The lowest BCUT2D eigenvalue weighted by molar-refractivity contribution is -0.133. The first-order valence-corrected chi connectivity index (χ1v) is 2.36. The molecule has 5 N–H and O–H groups in total. The molecule has 0 aromatic rings. The van der Waals surface area contributed by atoms with Gasteiger partial charge in [-0.05, 0) is 0 Å². The van der Waals surface area contributed by atoms with Gasteiger partial charge in [-0.2, -0.15) is 0 Å². The molecule has 0 bridgehead atoms. The van der Waals surface area contributed by atoms with Crippen molar-refractivity contribution >= 4 is 5.91 Å². The largest absolute Gasteiger partial charge is 0.394 e. The van der Waals surface area contributed by atoms with Crippen LogP contribution in [0, 0.1) is 0 Å². The Kier molecular flexibility index (Phi) is 3.15. The lowest BCUT2D eigenvalue weighted by atomic mass is 10.2. The SMILES string of the molecule is NC(=O)[C@@H](O)[C@@H](O)CO. The molecule has 0 heterocycles. The van der Waals surface area contributed by atoms with E-state index in [2.05, 4.69) is 5.73 Å². The molecule has 0 saturated carbocycles. The average Bonchev–Trinajstić information content (AvgIpc) is 1.84. The first-order chi connectivity index (χ1) is 4.09. The Morgan fingerprint density at radius 3 is 2.11 bits per heavy atom. The Morgan fingerprint density at radius 1 is 1.56 bits per heavy atom. The lowest BCUT2D eigenvalue weighted by Crippen LogP contribution is -2.40. The molecule has 0 rings (SSSR count). The molecular weight excluding hydrogens is 126 g/mol. The number of amides is 1. The van der Waals surface area contributed by atoms with Crippen LogP contribution in [0.2, 0.25) is 0 Å². The third-order valence-electron chi connectivity index (χ3n) is 0.843. The normalized spacial score (nSPS) is 16.8. The number of rotatable bonds is 3. The summed E-state index contributed by atoms with van der Waals surface area (Å²) in [4.78, 5) is 10.0. The van der Waals surface area contributed by atoms with E-state index in [9.17, 15) is 4.79 Å². The maximum Gasteiger partial charge on any atom is 0.249 e. The quantitative estimate of drug-likeness (QED) is 0.335. The summed E-state index contributed by atoms with van der Waals surface area (Å²) >= 11 is 0. The van der Waals surface area contributed by atoms with E-state index in [0.717, 1.165) is 0 Å². The molecule has 9 heavy (non-hydrogen) atoms. The van der Waals surface area contributed by atoms with Crippen LogP contribution in [0.3, 0.4) is 0 Å². The lowest BCUT2D eigenvalue weighted by Gasteiger charge is -2.10. The highest BCUT2D eigenvalue weighted by atomic mass is 16.4. The average molecular weight is 135 g/mol. The van der Waals surface area contributed by atoms with Gasteiger partial charge in [-0.1, -0.05) is 0 Å². The summed E-state index contributed by atoms with van der Waals surface area (Å²) in [5.74, 6) is -1.04. The first kappa shape index (κ1) is 8.35. The number of primary amides is 1. The smallest absolute Gasteiger partial charge is 0.249 e. The van der Waals surface area contributed by atoms with Crippen molar-refractivity contribution in [1.29, 1.82) is 0 Å². The van der Waals surface area contributed by atoms with Gasteiger partial charge in [0, 0.05) is 0 Å². The number of aliphatic hydroxyl groups is 3. The molecule has 0 radical (unpaired) electrons. The number of hydrogen-bond acceptors (Lipinski definition) is 4. The summed E-state index contributed by atoms with van der Waals surface area (Å²) in [7, 11) is 0. The second-order valence-electron chi connectivity index (χ2n) is 1.60. The van der Waals surface area contributed by atoms with Gasteiger partial charge in [0.15, 0.2) is 6.10 Å². The van der Waals surface area contributed by atoms with Crippen molar-refractivity contribution in [3.63, 3.8) is 0 Å². The number of aliphatic hydroxyl groups excluding tert-OH is 3.